The lowest BCUT2D eigenvalue weighted by Gasteiger charge is -2.14. The van der Waals surface area contributed by atoms with Gasteiger partial charge in [-0.3, -0.25) is 4.57 Å². The number of rotatable bonds is 15. The van der Waals surface area contributed by atoms with Crippen LogP contribution in [0.25, 0.3) is 11.8 Å². The first kappa shape index (κ1) is 29.6. The molecule has 1 aliphatic rings. The van der Waals surface area contributed by atoms with Gasteiger partial charge in [0.2, 0.25) is 6.79 Å². The number of carbonyl (C=O) groups excluding carboxylic acids is 1. The molecule has 0 bridgehead atoms. The Morgan fingerprint density at radius 1 is 1.14 bits per heavy atom. The maximum absolute atomic E-state index is 13.2. The van der Waals surface area contributed by atoms with E-state index < -0.39 is 5.97 Å². The molecule has 3 heterocycles. The number of H-pyrrole nitrogens is 1. The van der Waals surface area contributed by atoms with Gasteiger partial charge in [-0.1, -0.05) is 18.6 Å². The number of unbranched alkanes of at least 4 members (excludes halogenated alkanes) is 1. The fourth-order valence-corrected chi connectivity index (χ4v) is 4.58. The third kappa shape index (κ3) is 7.30. The molecule has 2 aromatic heterocycles. The van der Waals surface area contributed by atoms with Gasteiger partial charge in [0.05, 0.1) is 25.6 Å². The molecule has 0 unspecified atom stereocenters. The molecular weight excluding hydrogens is 556 g/mol. The Kier molecular flexibility index (Phi) is 9.85. The molecule has 0 saturated heterocycles. The van der Waals surface area contributed by atoms with Crippen molar-refractivity contribution in [3.8, 4) is 28.7 Å². The van der Waals surface area contributed by atoms with Crippen molar-refractivity contribution in [1.82, 2.24) is 30.2 Å². The first-order valence-corrected chi connectivity index (χ1v) is 14.0. The summed E-state index contributed by atoms with van der Waals surface area (Å²) in [4.78, 5) is 17.9. The van der Waals surface area contributed by atoms with Gasteiger partial charge < -0.3 is 28.4 Å². The standard InChI is InChI=1S/C30H34N6O7/c1-4-6-7-29-31-16-23(36(29)22-8-10-24(11-9-22)41-18-39-17-28-32-34-35-33-28)13-21(30(37)40-5-2)12-20-14-26-27(43-19-42-26)15-25(20)38-3/h8-11,13-16H,4-7,12,17-19H2,1-3H3,(H,32,33,34,35)/b21-13+. The van der Waals surface area contributed by atoms with Gasteiger partial charge in [0.1, 0.15) is 23.9 Å². The van der Waals surface area contributed by atoms with Crippen molar-refractivity contribution in [2.45, 2.75) is 46.1 Å². The topological polar surface area (TPSA) is 145 Å². The number of imidazole rings is 1. The fourth-order valence-electron chi connectivity index (χ4n) is 4.58. The smallest absolute Gasteiger partial charge is 0.334 e. The lowest BCUT2D eigenvalue weighted by molar-refractivity contribution is -0.138. The van der Waals surface area contributed by atoms with Crippen LogP contribution in [0.3, 0.4) is 0 Å². The molecule has 1 aliphatic heterocycles. The summed E-state index contributed by atoms with van der Waals surface area (Å²) in [7, 11) is 1.58. The number of nitrogens with one attached hydrogen (secondary N) is 1. The van der Waals surface area contributed by atoms with E-state index in [1.54, 1.807) is 26.3 Å². The number of tetrazole rings is 1. The minimum Gasteiger partial charge on any atom is -0.496 e. The van der Waals surface area contributed by atoms with Gasteiger partial charge in [0.15, 0.2) is 24.1 Å². The molecule has 0 saturated carbocycles. The Hall–Kier alpha value is -4.91. The number of hydrogen-bond acceptors (Lipinski definition) is 11. The zero-order valence-corrected chi connectivity index (χ0v) is 24.4. The second-order valence-corrected chi connectivity index (χ2v) is 9.55. The molecule has 1 N–H and O–H groups in total. The molecular formula is C30H34N6O7. The molecule has 4 aromatic rings. The molecule has 0 atom stereocenters. The van der Waals surface area contributed by atoms with E-state index in [2.05, 4.69) is 27.5 Å². The number of esters is 1. The highest BCUT2D eigenvalue weighted by Gasteiger charge is 2.22. The molecule has 5 rings (SSSR count). The van der Waals surface area contributed by atoms with Crippen LogP contribution in [-0.2, 0) is 33.7 Å². The van der Waals surface area contributed by atoms with Gasteiger partial charge in [-0.2, -0.15) is 5.21 Å². The van der Waals surface area contributed by atoms with Crippen LogP contribution in [0.4, 0.5) is 0 Å². The summed E-state index contributed by atoms with van der Waals surface area (Å²) >= 11 is 0. The SMILES string of the molecule is CCCCc1ncc(/C=C(\Cc2cc3c(cc2OC)OCO3)C(=O)OCC)n1-c1ccc(OCOCc2nn[nH]n2)cc1. The fraction of sp³-hybridized carbons (Fsp3) is 0.367. The van der Waals surface area contributed by atoms with E-state index in [0.29, 0.717) is 34.4 Å². The van der Waals surface area contributed by atoms with Crippen molar-refractivity contribution in [2.24, 2.45) is 0 Å². The van der Waals surface area contributed by atoms with E-state index in [4.69, 9.17) is 33.4 Å². The molecule has 43 heavy (non-hydrogen) atoms. The number of aromatic nitrogens is 6. The van der Waals surface area contributed by atoms with E-state index in [0.717, 1.165) is 42.0 Å². The predicted molar refractivity (Wildman–Crippen MR) is 154 cm³/mol. The lowest BCUT2D eigenvalue weighted by Crippen LogP contribution is -2.11. The zero-order valence-electron chi connectivity index (χ0n) is 24.4. The second kappa shape index (κ2) is 14.3. The Bertz CT molecular complexity index is 1530. The van der Waals surface area contributed by atoms with Gasteiger partial charge >= 0.3 is 5.97 Å². The zero-order chi connectivity index (χ0) is 30.0. The quantitative estimate of drug-likeness (QED) is 0.0920. The van der Waals surface area contributed by atoms with Crippen molar-refractivity contribution < 1.29 is 33.2 Å². The normalized spacial score (nSPS) is 12.4. The number of nitrogens with zero attached hydrogens (tertiary/aromatic N) is 5. The summed E-state index contributed by atoms with van der Waals surface area (Å²) < 4.78 is 35.3. The maximum Gasteiger partial charge on any atom is 0.334 e. The number of ether oxygens (including phenoxy) is 6. The second-order valence-electron chi connectivity index (χ2n) is 9.55. The highest BCUT2D eigenvalue weighted by molar-refractivity contribution is 5.94. The van der Waals surface area contributed by atoms with E-state index in [9.17, 15) is 4.79 Å². The van der Waals surface area contributed by atoms with Crippen LogP contribution in [0.15, 0.2) is 48.2 Å². The number of hydrogen-bond donors (Lipinski definition) is 1. The van der Waals surface area contributed by atoms with Gasteiger partial charge in [0, 0.05) is 35.7 Å². The van der Waals surface area contributed by atoms with Crippen molar-refractivity contribution >= 4 is 12.0 Å². The number of aryl methyl sites for hydroxylation is 1. The highest BCUT2D eigenvalue weighted by Crippen LogP contribution is 2.39. The summed E-state index contributed by atoms with van der Waals surface area (Å²) in [5, 5.41) is 13.5. The number of fused-ring (bicyclic) bond motifs is 1. The van der Waals surface area contributed by atoms with Crippen molar-refractivity contribution in [1.29, 1.82) is 0 Å². The number of aromatic amines is 1. The summed E-state index contributed by atoms with van der Waals surface area (Å²) in [6.07, 6.45) is 6.62. The van der Waals surface area contributed by atoms with Crippen LogP contribution in [0.2, 0.25) is 0 Å². The van der Waals surface area contributed by atoms with Crippen molar-refractivity contribution in [2.75, 3.05) is 27.3 Å². The predicted octanol–water partition coefficient (Wildman–Crippen LogP) is 4.21. The van der Waals surface area contributed by atoms with E-state index in [1.165, 1.54) is 0 Å². The van der Waals surface area contributed by atoms with Crippen LogP contribution in [0.5, 0.6) is 23.0 Å². The van der Waals surface area contributed by atoms with Crippen LogP contribution < -0.4 is 18.9 Å². The Morgan fingerprint density at radius 3 is 2.67 bits per heavy atom. The van der Waals surface area contributed by atoms with Gasteiger partial charge in [-0.05, 0) is 49.8 Å². The monoisotopic (exact) mass is 590 g/mol. The van der Waals surface area contributed by atoms with E-state index in [1.807, 2.05) is 41.0 Å². The lowest BCUT2D eigenvalue weighted by atomic mass is 10.0. The largest absolute Gasteiger partial charge is 0.496 e. The van der Waals surface area contributed by atoms with Crippen LogP contribution in [0, 0.1) is 0 Å². The molecule has 0 radical (unpaired) electrons. The Labute approximate surface area is 248 Å². The first-order chi connectivity index (χ1) is 21.1. The Morgan fingerprint density at radius 2 is 1.95 bits per heavy atom. The highest BCUT2D eigenvalue weighted by atomic mass is 16.7. The molecule has 226 valence electrons. The number of carbonyl (C=O) groups is 1. The average molecular weight is 591 g/mol. The minimum absolute atomic E-state index is 0.0287. The van der Waals surface area contributed by atoms with Crippen molar-refractivity contribution in [3.05, 3.63) is 71.1 Å². The van der Waals surface area contributed by atoms with E-state index in [-0.39, 0.29) is 33.2 Å². The number of methoxy groups -OCH3 is 1. The van der Waals surface area contributed by atoms with Gasteiger partial charge in [0.25, 0.3) is 0 Å². The van der Waals surface area contributed by atoms with Gasteiger partial charge in [-0.15, -0.1) is 10.2 Å². The summed E-state index contributed by atoms with van der Waals surface area (Å²) in [6.45, 7) is 4.51. The van der Waals surface area contributed by atoms with Crippen LogP contribution in [-0.4, -0.2) is 63.4 Å². The Balaban J connectivity index is 1.42. The molecule has 13 heteroatoms. The number of benzene rings is 2. The van der Waals surface area contributed by atoms with Crippen LogP contribution >= 0.6 is 0 Å². The summed E-state index contributed by atoms with van der Waals surface area (Å²) in [5.41, 5.74) is 2.83. The summed E-state index contributed by atoms with van der Waals surface area (Å²) in [5.74, 6) is 3.34. The summed E-state index contributed by atoms with van der Waals surface area (Å²) in [6, 6.07) is 11.2. The molecule has 0 aliphatic carbocycles. The molecule has 0 spiro atoms. The molecule has 0 amide bonds. The molecule has 0 fully saturated rings. The molecule has 2 aromatic carbocycles. The third-order valence-corrected chi connectivity index (χ3v) is 6.66. The van der Waals surface area contributed by atoms with Gasteiger partial charge in [-0.25, -0.2) is 9.78 Å². The van der Waals surface area contributed by atoms with Crippen molar-refractivity contribution in [3.63, 3.8) is 0 Å². The first-order valence-electron chi connectivity index (χ1n) is 14.0. The molecule has 13 nitrogen and oxygen atoms in total. The maximum atomic E-state index is 13.2. The van der Waals surface area contributed by atoms with Crippen LogP contribution in [0.1, 0.15) is 49.6 Å². The third-order valence-electron chi connectivity index (χ3n) is 6.66. The minimum atomic E-state index is -0.422. The average Bonchev–Trinajstić information content (AvgIpc) is 3.79. The van der Waals surface area contributed by atoms with E-state index >= 15 is 0 Å².